The van der Waals surface area contributed by atoms with E-state index in [9.17, 15) is 4.57 Å². The summed E-state index contributed by atoms with van der Waals surface area (Å²) in [6, 6.07) is 0. The van der Waals surface area contributed by atoms with Crippen LogP contribution < -0.4 is 0 Å². The molecule has 0 saturated heterocycles. The van der Waals surface area contributed by atoms with E-state index in [1.165, 1.54) is 0 Å². The third-order valence-electron chi connectivity index (χ3n) is 1.47. The van der Waals surface area contributed by atoms with E-state index in [2.05, 4.69) is 4.52 Å². The maximum atomic E-state index is 10.2. The van der Waals surface area contributed by atoms with E-state index in [0.717, 1.165) is 0 Å². The average Bonchev–Trinajstić information content (AvgIpc) is 1.84. The Hall–Kier alpha value is 0.0700. The minimum Gasteiger partial charge on any atom is -0.396 e. The van der Waals surface area contributed by atoms with Gasteiger partial charge in [0.25, 0.3) is 0 Å². The van der Waals surface area contributed by atoms with Gasteiger partial charge in [0, 0.05) is 6.61 Å². The minimum atomic E-state index is -4.34. The smallest absolute Gasteiger partial charge is 0.396 e. The molecule has 0 aromatic heterocycles. The predicted molar refractivity (Wildman–Crippen MR) is 43.5 cm³/mol. The van der Waals surface area contributed by atoms with Crippen molar-refractivity contribution in [2.24, 2.45) is 5.41 Å². The molecule has 0 radical (unpaired) electrons. The molecule has 0 saturated carbocycles. The molecule has 5 nitrogen and oxygen atoms in total. The number of rotatable bonds is 5. The molecule has 0 amide bonds. The number of hydrogen-bond donors (Lipinski definition) is 3. The van der Waals surface area contributed by atoms with Crippen molar-refractivity contribution >= 4 is 7.82 Å². The van der Waals surface area contributed by atoms with E-state index in [-0.39, 0.29) is 18.6 Å². The monoisotopic (exact) mass is 198 g/mol. The summed E-state index contributed by atoms with van der Waals surface area (Å²) in [5.74, 6) is 0. The molecular formula is C6H15O5P. The van der Waals surface area contributed by atoms with E-state index < -0.39 is 7.82 Å². The summed E-state index contributed by atoms with van der Waals surface area (Å²) >= 11 is 0. The molecule has 0 fully saturated rings. The predicted octanol–water partition coefficient (Wildman–Crippen LogP) is 0.504. The summed E-state index contributed by atoms with van der Waals surface area (Å²) in [6.07, 6.45) is 0.411. The van der Waals surface area contributed by atoms with E-state index >= 15 is 0 Å². The number of aliphatic hydroxyl groups excluding tert-OH is 1. The fourth-order valence-corrected chi connectivity index (χ4v) is 0.849. The summed E-state index contributed by atoms with van der Waals surface area (Å²) in [5.41, 5.74) is -0.352. The molecule has 0 aliphatic carbocycles. The van der Waals surface area contributed by atoms with Crippen LogP contribution in [0.15, 0.2) is 0 Å². The van der Waals surface area contributed by atoms with Gasteiger partial charge in [-0.1, -0.05) is 13.8 Å². The highest BCUT2D eigenvalue weighted by Gasteiger charge is 2.19. The zero-order valence-electron chi connectivity index (χ0n) is 7.23. The van der Waals surface area contributed by atoms with Crippen LogP contribution in [0.4, 0.5) is 0 Å². The van der Waals surface area contributed by atoms with Crippen LogP contribution in [0.2, 0.25) is 0 Å². The Kier molecular flexibility index (Phi) is 4.37. The van der Waals surface area contributed by atoms with Crippen molar-refractivity contribution in [3.63, 3.8) is 0 Å². The lowest BCUT2D eigenvalue weighted by Crippen LogP contribution is -2.18. The molecule has 0 spiro atoms. The largest absolute Gasteiger partial charge is 0.469 e. The van der Waals surface area contributed by atoms with Gasteiger partial charge in [0.15, 0.2) is 0 Å². The first kappa shape index (κ1) is 12.1. The van der Waals surface area contributed by atoms with Crippen LogP contribution in [0.1, 0.15) is 20.3 Å². The Morgan fingerprint density at radius 2 is 1.92 bits per heavy atom. The molecule has 74 valence electrons. The van der Waals surface area contributed by atoms with Gasteiger partial charge in [-0.2, -0.15) is 0 Å². The zero-order valence-corrected chi connectivity index (χ0v) is 8.12. The van der Waals surface area contributed by atoms with Crippen LogP contribution >= 0.6 is 7.82 Å². The van der Waals surface area contributed by atoms with Gasteiger partial charge in [-0.25, -0.2) is 4.57 Å². The Labute approximate surface area is 71.6 Å². The Balaban J connectivity index is 3.64. The molecule has 0 aliphatic heterocycles. The summed E-state index contributed by atoms with van der Waals surface area (Å²) in [4.78, 5) is 16.6. The van der Waals surface area contributed by atoms with Gasteiger partial charge in [0.1, 0.15) is 0 Å². The lowest BCUT2D eigenvalue weighted by molar-refractivity contribution is 0.114. The first-order chi connectivity index (χ1) is 5.27. The van der Waals surface area contributed by atoms with Crippen LogP contribution in [0, 0.1) is 5.41 Å². The van der Waals surface area contributed by atoms with Gasteiger partial charge in [0.2, 0.25) is 0 Å². The van der Waals surface area contributed by atoms with Crippen molar-refractivity contribution in [1.29, 1.82) is 0 Å². The molecule has 6 heteroatoms. The molecule has 3 N–H and O–H groups in total. The number of phosphoric acid groups is 1. The maximum absolute atomic E-state index is 10.2. The van der Waals surface area contributed by atoms with Crippen molar-refractivity contribution < 1.29 is 24.0 Å². The van der Waals surface area contributed by atoms with Crippen LogP contribution in [0.3, 0.4) is 0 Å². The third kappa shape index (κ3) is 6.76. The standard InChI is InChI=1S/C6H15O5P/c1-6(2,5-7)3-4-11-12(8,9)10/h7H,3-5H2,1-2H3,(H2,8,9,10). The van der Waals surface area contributed by atoms with E-state index in [4.69, 9.17) is 14.9 Å². The molecule has 0 unspecified atom stereocenters. The lowest BCUT2D eigenvalue weighted by atomic mass is 9.91. The maximum Gasteiger partial charge on any atom is 0.469 e. The quantitative estimate of drug-likeness (QED) is 0.560. The summed E-state index contributed by atoms with van der Waals surface area (Å²) in [6.45, 7) is 3.50. The van der Waals surface area contributed by atoms with Crippen molar-refractivity contribution in [1.82, 2.24) is 0 Å². The fraction of sp³-hybridized carbons (Fsp3) is 1.00. The normalized spacial score (nSPS) is 13.4. The second-order valence-corrected chi connectivity index (χ2v) is 4.64. The van der Waals surface area contributed by atoms with Crippen molar-refractivity contribution in [3.8, 4) is 0 Å². The highest BCUT2D eigenvalue weighted by atomic mass is 31.2. The second-order valence-electron chi connectivity index (χ2n) is 3.40. The SMILES string of the molecule is CC(C)(CO)CCOP(=O)(O)O. The lowest BCUT2D eigenvalue weighted by Gasteiger charge is -2.20. The fourth-order valence-electron chi connectivity index (χ4n) is 0.520. The highest BCUT2D eigenvalue weighted by Crippen LogP contribution is 2.36. The zero-order chi connectivity index (χ0) is 9.83. The molecule has 0 aromatic rings. The summed E-state index contributed by atoms with van der Waals surface area (Å²) < 4.78 is 14.4. The van der Waals surface area contributed by atoms with Crippen molar-refractivity contribution in [2.75, 3.05) is 13.2 Å². The van der Waals surface area contributed by atoms with Crippen molar-refractivity contribution in [3.05, 3.63) is 0 Å². The minimum absolute atomic E-state index is 0.0302. The van der Waals surface area contributed by atoms with Crippen LogP contribution in [-0.2, 0) is 9.09 Å². The average molecular weight is 198 g/mol. The second kappa shape index (κ2) is 4.35. The molecular weight excluding hydrogens is 183 g/mol. The van der Waals surface area contributed by atoms with Gasteiger partial charge in [-0.05, 0) is 11.8 Å². The summed E-state index contributed by atoms with van der Waals surface area (Å²) in [5, 5.41) is 8.77. The van der Waals surface area contributed by atoms with Crippen LogP contribution in [-0.4, -0.2) is 28.1 Å². The molecule has 12 heavy (non-hydrogen) atoms. The van der Waals surface area contributed by atoms with Crippen LogP contribution in [0.25, 0.3) is 0 Å². The van der Waals surface area contributed by atoms with Gasteiger partial charge < -0.3 is 14.9 Å². The Bertz CT molecular complexity index is 173. The number of hydrogen-bond acceptors (Lipinski definition) is 3. The molecule has 0 bridgehead atoms. The van der Waals surface area contributed by atoms with Crippen LogP contribution in [0.5, 0.6) is 0 Å². The summed E-state index contributed by atoms with van der Waals surface area (Å²) in [7, 11) is -4.34. The molecule has 0 heterocycles. The van der Waals surface area contributed by atoms with Gasteiger partial charge in [0.05, 0.1) is 6.61 Å². The molecule has 0 aliphatic rings. The van der Waals surface area contributed by atoms with Crippen molar-refractivity contribution in [2.45, 2.75) is 20.3 Å². The van der Waals surface area contributed by atoms with E-state index in [1.807, 2.05) is 0 Å². The molecule has 0 aromatic carbocycles. The molecule has 0 atom stereocenters. The number of aliphatic hydroxyl groups is 1. The Morgan fingerprint density at radius 1 is 1.42 bits per heavy atom. The first-order valence-electron chi connectivity index (χ1n) is 3.58. The topological polar surface area (TPSA) is 87.0 Å². The third-order valence-corrected chi connectivity index (χ3v) is 1.99. The van der Waals surface area contributed by atoms with E-state index in [0.29, 0.717) is 6.42 Å². The first-order valence-corrected chi connectivity index (χ1v) is 5.11. The van der Waals surface area contributed by atoms with Gasteiger partial charge in [-0.3, -0.25) is 4.52 Å². The number of phosphoric ester groups is 1. The van der Waals surface area contributed by atoms with Gasteiger partial charge in [-0.15, -0.1) is 0 Å². The molecule has 0 rings (SSSR count). The van der Waals surface area contributed by atoms with E-state index in [1.54, 1.807) is 13.8 Å². The van der Waals surface area contributed by atoms with Gasteiger partial charge >= 0.3 is 7.82 Å². The Morgan fingerprint density at radius 3 is 2.25 bits per heavy atom. The highest BCUT2D eigenvalue weighted by molar-refractivity contribution is 7.46.